The van der Waals surface area contributed by atoms with Gasteiger partial charge in [0.25, 0.3) is 11.7 Å². The third kappa shape index (κ3) is 4.16. The highest BCUT2D eigenvalue weighted by atomic mass is 16.5. The molecule has 3 aromatic rings. The number of phenolic OH excluding ortho intramolecular Hbond substituents is 1. The number of amides is 1. The number of nitrogens with zero attached hydrogens (tertiary/aromatic N) is 1. The number of phenols is 1. The van der Waals surface area contributed by atoms with E-state index in [9.17, 15) is 19.8 Å². The fourth-order valence-corrected chi connectivity index (χ4v) is 4.44. The second-order valence-corrected chi connectivity index (χ2v) is 9.68. The van der Waals surface area contributed by atoms with Crippen LogP contribution in [0.2, 0.25) is 0 Å². The topological polar surface area (TPSA) is 87.1 Å². The Morgan fingerprint density at radius 2 is 1.63 bits per heavy atom. The lowest BCUT2D eigenvalue weighted by Gasteiger charge is -2.27. The first-order chi connectivity index (χ1) is 16.6. The SMILES string of the molecule is COc1ccc(C(C)(C)C)cc1/C(O)=C1\C(=O)C(=O)N(c2ccccc2O)C1c1ccccc1C. The predicted molar refractivity (Wildman–Crippen MR) is 136 cm³/mol. The highest BCUT2D eigenvalue weighted by Gasteiger charge is 2.48. The maximum absolute atomic E-state index is 13.5. The number of hydrogen-bond acceptors (Lipinski definition) is 5. The molecule has 180 valence electrons. The van der Waals surface area contributed by atoms with Crippen LogP contribution in [0, 0.1) is 6.92 Å². The summed E-state index contributed by atoms with van der Waals surface area (Å²) in [6.45, 7) is 8.01. The fraction of sp³-hybridized carbons (Fsp3) is 0.241. The van der Waals surface area contributed by atoms with E-state index in [0.717, 1.165) is 11.1 Å². The number of aliphatic hydroxyl groups is 1. The van der Waals surface area contributed by atoms with Gasteiger partial charge in [-0.1, -0.05) is 63.2 Å². The molecular weight excluding hydrogens is 442 g/mol. The zero-order valence-corrected chi connectivity index (χ0v) is 20.5. The number of ketones is 1. The molecule has 1 amide bonds. The second kappa shape index (κ2) is 8.95. The standard InChI is InChI=1S/C29H29NO5/c1-17-10-6-7-11-19(17)25-24(27(33)28(34)30(25)21-12-8-9-13-22(21)31)26(32)20-16-18(29(2,3)4)14-15-23(20)35-5/h6-16,25,31-32H,1-5H3/b26-24+. The van der Waals surface area contributed by atoms with E-state index in [1.54, 1.807) is 30.3 Å². The summed E-state index contributed by atoms with van der Waals surface area (Å²) >= 11 is 0. The van der Waals surface area contributed by atoms with E-state index >= 15 is 0 Å². The van der Waals surface area contributed by atoms with Crippen LogP contribution >= 0.6 is 0 Å². The van der Waals surface area contributed by atoms with E-state index in [-0.39, 0.29) is 28.2 Å². The van der Waals surface area contributed by atoms with Gasteiger partial charge in [-0.25, -0.2) is 0 Å². The van der Waals surface area contributed by atoms with E-state index in [0.29, 0.717) is 16.9 Å². The Morgan fingerprint density at radius 1 is 0.971 bits per heavy atom. The molecule has 0 radical (unpaired) electrons. The van der Waals surface area contributed by atoms with Crippen molar-refractivity contribution in [3.8, 4) is 11.5 Å². The lowest BCUT2D eigenvalue weighted by Crippen LogP contribution is -2.29. The molecule has 1 aliphatic rings. The first kappa shape index (κ1) is 24.1. The Labute approximate surface area is 205 Å². The molecule has 4 rings (SSSR count). The van der Waals surface area contributed by atoms with Crippen LogP contribution in [-0.2, 0) is 15.0 Å². The molecule has 1 aliphatic heterocycles. The van der Waals surface area contributed by atoms with Crippen molar-refractivity contribution in [2.75, 3.05) is 12.0 Å². The monoisotopic (exact) mass is 471 g/mol. The molecule has 1 saturated heterocycles. The van der Waals surface area contributed by atoms with Crippen LogP contribution in [0.3, 0.4) is 0 Å². The van der Waals surface area contributed by atoms with Crippen LogP contribution in [0.25, 0.3) is 5.76 Å². The number of rotatable bonds is 4. The van der Waals surface area contributed by atoms with Crippen LogP contribution in [0.1, 0.15) is 49.1 Å². The van der Waals surface area contributed by atoms with Crippen LogP contribution in [0.15, 0.2) is 72.3 Å². The van der Waals surface area contributed by atoms with Crippen molar-refractivity contribution in [3.05, 3.63) is 94.6 Å². The van der Waals surface area contributed by atoms with Gasteiger partial charge in [0.05, 0.1) is 30.0 Å². The number of aryl methyl sites for hydroxylation is 1. The quantitative estimate of drug-likeness (QED) is 0.292. The van der Waals surface area contributed by atoms with Crippen LogP contribution in [-0.4, -0.2) is 29.0 Å². The van der Waals surface area contributed by atoms with Crippen LogP contribution in [0.4, 0.5) is 5.69 Å². The highest BCUT2D eigenvalue weighted by molar-refractivity contribution is 6.52. The van der Waals surface area contributed by atoms with Gasteiger partial charge in [-0.15, -0.1) is 0 Å². The number of ether oxygens (including phenoxy) is 1. The minimum atomic E-state index is -0.938. The highest BCUT2D eigenvalue weighted by Crippen LogP contribution is 2.46. The molecule has 35 heavy (non-hydrogen) atoms. The van der Waals surface area contributed by atoms with E-state index < -0.39 is 17.7 Å². The molecule has 1 unspecified atom stereocenters. The zero-order valence-electron chi connectivity index (χ0n) is 20.5. The molecule has 0 aromatic heterocycles. The molecule has 6 heteroatoms. The molecule has 0 saturated carbocycles. The van der Waals surface area contributed by atoms with Crippen molar-refractivity contribution in [1.82, 2.24) is 0 Å². The molecule has 6 nitrogen and oxygen atoms in total. The van der Waals surface area contributed by atoms with Crippen LogP contribution < -0.4 is 9.64 Å². The normalized spacial score (nSPS) is 17.6. The number of para-hydroxylation sites is 2. The number of carbonyl (C=O) groups excluding carboxylic acids is 2. The largest absolute Gasteiger partial charge is 0.507 e. The van der Waals surface area contributed by atoms with Gasteiger partial charge in [-0.2, -0.15) is 0 Å². The van der Waals surface area contributed by atoms with Crippen molar-refractivity contribution in [2.45, 2.75) is 39.2 Å². The van der Waals surface area contributed by atoms with E-state index in [1.807, 2.05) is 58.0 Å². The van der Waals surface area contributed by atoms with Gasteiger partial charge in [0.2, 0.25) is 0 Å². The summed E-state index contributed by atoms with van der Waals surface area (Å²) in [6, 6.07) is 18.2. The molecule has 1 heterocycles. The summed E-state index contributed by atoms with van der Waals surface area (Å²) in [4.78, 5) is 28.1. The van der Waals surface area contributed by atoms with E-state index in [2.05, 4.69) is 0 Å². The summed E-state index contributed by atoms with van der Waals surface area (Å²) in [6.07, 6.45) is 0. The number of carbonyl (C=O) groups is 2. The van der Waals surface area contributed by atoms with Crippen molar-refractivity contribution in [3.63, 3.8) is 0 Å². The van der Waals surface area contributed by atoms with Crippen molar-refractivity contribution in [2.24, 2.45) is 0 Å². The Morgan fingerprint density at radius 3 is 2.26 bits per heavy atom. The molecular formula is C29H29NO5. The first-order valence-electron chi connectivity index (χ1n) is 11.4. The second-order valence-electron chi connectivity index (χ2n) is 9.68. The fourth-order valence-electron chi connectivity index (χ4n) is 4.44. The summed E-state index contributed by atoms with van der Waals surface area (Å²) in [5.74, 6) is -1.74. The number of Topliss-reactive ketones (excluding diaryl/α,β-unsaturated/α-hetero) is 1. The van der Waals surface area contributed by atoms with Gasteiger partial charge >= 0.3 is 0 Å². The minimum absolute atomic E-state index is 0.0584. The smallest absolute Gasteiger partial charge is 0.300 e. The van der Waals surface area contributed by atoms with Gasteiger partial charge in [-0.3, -0.25) is 14.5 Å². The van der Waals surface area contributed by atoms with Gasteiger partial charge in [-0.05, 0) is 53.3 Å². The lowest BCUT2D eigenvalue weighted by atomic mass is 9.85. The van der Waals surface area contributed by atoms with Gasteiger partial charge in [0.15, 0.2) is 0 Å². The summed E-state index contributed by atoms with van der Waals surface area (Å²) in [7, 11) is 1.49. The van der Waals surface area contributed by atoms with Gasteiger partial charge in [0.1, 0.15) is 17.3 Å². The number of anilines is 1. The predicted octanol–water partition coefficient (Wildman–Crippen LogP) is 5.63. The Bertz CT molecular complexity index is 1350. The number of benzene rings is 3. The Hall–Kier alpha value is -4.06. The lowest BCUT2D eigenvalue weighted by molar-refractivity contribution is -0.132. The summed E-state index contributed by atoms with van der Waals surface area (Å²) in [5, 5.41) is 22.2. The number of hydrogen-bond donors (Lipinski definition) is 2. The summed E-state index contributed by atoms with van der Waals surface area (Å²) in [5.41, 5.74) is 2.67. The molecule has 0 spiro atoms. The average Bonchev–Trinajstić information content (AvgIpc) is 3.08. The summed E-state index contributed by atoms with van der Waals surface area (Å²) < 4.78 is 5.51. The number of aromatic hydroxyl groups is 1. The van der Waals surface area contributed by atoms with Gasteiger partial charge < -0.3 is 14.9 Å². The minimum Gasteiger partial charge on any atom is -0.507 e. The third-order valence-electron chi connectivity index (χ3n) is 6.39. The van der Waals surface area contributed by atoms with Crippen molar-refractivity contribution >= 4 is 23.1 Å². The van der Waals surface area contributed by atoms with Gasteiger partial charge in [0, 0.05) is 0 Å². The Kier molecular flexibility index (Phi) is 6.15. The van der Waals surface area contributed by atoms with E-state index in [4.69, 9.17) is 4.74 Å². The maximum Gasteiger partial charge on any atom is 0.300 e. The first-order valence-corrected chi connectivity index (χ1v) is 11.4. The van der Waals surface area contributed by atoms with Crippen molar-refractivity contribution in [1.29, 1.82) is 0 Å². The van der Waals surface area contributed by atoms with Crippen LogP contribution in [0.5, 0.6) is 11.5 Å². The maximum atomic E-state index is 13.5. The Balaban J connectivity index is 2.04. The molecule has 2 N–H and O–H groups in total. The molecule has 1 fully saturated rings. The third-order valence-corrected chi connectivity index (χ3v) is 6.39. The number of methoxy groups -OCH3 is 1. The molecule has 3 aromatic carbocycles. The molecule has 0 aliphatic carbocycles. The van der Waals surface area contributed by atoms with Crippen molar-refractivity contribution < 1.29 is 24.5 Å². The van der Waals surface area contributed by atoms with E-state index in [1.165, 1.54) is 18.1 Å². The molecule has 0 bridgehead atoms. The average molecular weight is 472 g/mol. The number of aliphatic hydroxyl groups excluding tert-OH is 1. The molecule has 1 atom stereocenters. The zero-order chi connectivity index (χ0) is 25.5.